The van der Waals surface area contributed by atoms with Crippen molar-refractivity contribution in [1.29, 1.82) is 0 Å². The van der Waals surface area contributed by atoms with Gasteiger partial charge in [-0.05, 0) is 62.3 Å². The van der Waals surface area contributed by atoms with Gasteiger partial charge >= 0.3 is 0 Å². The number of anilines is 2. The first-order valence-corrected chi connectivity index (χ1v) is 12.3. The predicted octanol–water partition coefficient (Wildman–Crippen LogP) is 4.24. The maximum atomic E-state index is 12.9. The number of benzene rings is 2. The highest BCUT2D eigenvalue weighted by Crippen LogP contribution is 2.27. The number of hydrogen-bond acceptors (Lipinski definition) is 6. The van der Waals surface area contributed by atoms with Gasteiger partial charge in [0.25, 0.3) is 0 Å². The van der Waals surface area contributed by atoms with Crippen molar-refractivity contribution >= 4 is 23.2 Å². The van der Waals surface area contributed by atoms with E-state index in [0.29, 0.717) is 18.4 Å². The summed E-state index contributed by atoms with van der Waals surface area (Å²) in [7, 11) is 5.86. The summed E-state index contributed by atoms with van der Waals surface area (Å²) in [6, 6.07) is 20.4. The van der Waals surface area contributed by atoms with Crippen molar-refractivity contribution in [1.82, 2.24) is 24.4 Å². The molecule has 0 bridgehead atoms. The Morgan fingerprint density at radius 3 is 2.64 bits per heavy atom. The Hall–Kier alpha value is -3.91. The number of aromatic nitrogens is 3. The van der Waals surface area contributed by atoms with Gasteiger partial charge in [0.15, 0.2) is 5.65 Å². The number of ether oxygens (including phenoxy) is 1. The quantitative estimate of drug-likeness (QED) is 0.423. The molecular formula is C28H32N6O2. The molecule has 36 heavy (non-hydrogen) atoms. The average Bonchev–Trinajstić information content (AvgIpc) is 3.30. The number of likely N-dealkylation sites (tertiary alicyclic amines) is 1. The summed E-state index contributed by atoms with van der Waals surface area (Å²) >= 11 is 0. The molecule has 0 atom stereocenters. The Bertz CT molecular complexity index is 1360. The van der Waals surface area contributed by atoms with Crippen LogP contribution >= 0.6 is 0 Å². The van der Waals surface area contributed by atoms with Crippen LogP contribution in [0.2, 0.25) is 0 Å². The molecule has 1 fully saturated rings. The van der Waals surface area contributed by atoms with E-state index in [0.717, 1.165) is 59.7 Å². The zero-order chi connectivity index (χ0) is 25.1. The molecule has 1 aliphatic heterocycles. The second-order valence-corrected chi connectivity index (χ2v) is 9.43. The Balaban J connectivity index is 1.30. The Kier molecular flexibility index (Phi) is 6.86. The summed E-state index contributed by atoms with van der Waals surface area (Å²) in [6.07, 6.45) is 4.44. The summed E-state index contributed by atoms with van der Waals surface area (Å²) in [5.74, 6) is 1.42. The maximum Gasteiger partial charge on any atom is 0.247 e. The zero-order valence-corrected chi connectivity index (χ0v) is 21.0. The van der Waals surface area contributed by atoms with Gasteiger partial charge in [-0.1, -0.05) is 36.4 Å². The number of hydrogen-bond donors (Lipinski definition) is 1. The summed E-state index contributed by atoms with van der Waals surface area (Å²) in [5.41, 5.74) is 4.62. The molecule has 1 N–H and O–H groups in total. The molecule has 0 spiro atoms. The van der Waals surface area contributed by atoms with Crippen LogP contribution in [0.3, 0.4) is 0 Å². The van der Waals surface area contributed by atoms with E-state index in [1.807, 2.05) is 59.6 Å². The van der Waals surface area contributed by atoms with Gasteiger partial charge in [0.2, 0.25) is 11.9 Å². The minimum absolute atomic E-state index is 0.197. The first-order chi connectivity index (χ1) is 17.5. The fourth-order valence-corrected chi connectivity index (χ4v) is 4.75. The molecule has 4 aromatic rings. The highest BCUT2D eigenvalue weighted by molar-refractivity contribution is 5.79. The molecule has 0 aliphatic carbocycles. The van der Waals surface area contributed by atoms with Crippen LogP contribution in [-0.2, 0) is 11.2 Å². The number of para-hydroxylation sites is 2. The average molecular weight is 485 g/mol. The largest absolute Gasteiger partial charge is 0.495 e. The number of carbonyl (C=O) groups excluding carboxylic acids is 1. The van der Waals surface area contributed by atoms with E-state index < -0.39 is 0 Å². The van der Waals surface area contributed by atoms with Gasteiger partial charge < -0.3 is 19.9 Å². The molecule has 0 radical (unpaired) electrons. The van der Waals surface area contributed by atoms with Crippen molar-refractivity contribution in [2.75, 3.05) is 39.6 Å². The van der Waals surface area contributed by atoms with Gasteiger partial charge in [0, 0.05) is 30.9 Å². The van der Waals surface area contributed by atoms with Crippen molar-refractivity contribution in [3.8, 4) is 16.9 Å². The predicted molar refractivity (Wildman–Crippen MR) is 142 cm³/mol. The van der Waals surface area contributed by atoms with Crippen LogP contribution in [0.4, 0.5) is 11.6 Å². The SMILES string of the molecule is COc1ccccc1Nc1nc2ccc(-c3cccc(CC(=O)N4CCC(N(C)C)CC4)c3)cn2n1. The third-order valence-corrected chi connectivity index (χ3v) is 6.85. The van der Waals surface area contributed by atoms with Crippen LogP contribution in [0.5, 0.6) is 5.75 Å². The first-order valence-electron chi connectivity index (χ1n) is 12.3. The van der Waals surface area contributed by atoms with Crippen molar-refractivity contribution in [2.24, 2.45) is 0 Å². The lowest BCUT2D eigenvalue weighted by molar-refractivity contribution is -0.131. The number of carbonyl (C=O) groups is 1. The second-order valence-electron chi connectivity index (χ2n) is 9.43. The molecule has 1 aliphatic rings. The van der Waals surface area contributed by atoms with Crippen LogP contribution < -0.4 is 10.1 Å². The van der Waals surface area contributed by atoms with Crippen LogP contribution in [0.15, 0.2) is 66.9 Å². The number of nitrogens with one attached hydrogen (secondary N) is 1. The van der Waals surface area contributed by atoms with Crippen molar-refractivity contribution in [2.45, 2.75) is 25.3 Å². The van der Waals surface area contributed by atoms with Gasteiger partial charge in [0.1, 0.15) is 5.75 Å². The normalized spacial score (nSPS) is 14.4. The maximum absolute atomic E-state index is 12.9. The number of pyridine rings is 1. The third-order valence-electron chi connectivity index (χ3n) is 6.85. The van der Waals surface area contributed by atoms with Crippen LogP contribution in [0, 0.1) is 0 Å². The van der Waals surface area contributed by atoms with Gasteiger partial charge in [0.05, 0.1) is 19.2 Å². The minimum Gasteiger partial charge on any atom is -0.495 e. The van der Waals surface area contributed by atoms with Crippen molar-refractivity contribution < 1.29 is 9.53 Å². The molecule has 3 heterocycles. The number of fused-ring (bicyclic) bond motifs is 1. The zero-order valence-electron chi connectivity index (χ0n) is 21.0. The summed E-state index contributed by atoms with van der Waals surface area (Å²) in [5, 5.41) is 7.82. The van der Waals surface area contributed by atoms with E-state index in [4.69, 9.17) is 4.74 Å². The van der Waals surface area contributed by atoms with Crippen LogP contribution in [-0.4, -0.2) is 70.6 Å². The van der Waals surface area contributed by atoms with Crippen LogP contribution in [0.1, 0.15) is 18.4 Å². The molecule has 0 saturated carbocycles. The van der Waals surface area contributed by atoms with E-state index >= 15 is 0 Å². The van der Waals surface area contributed by atoms with E-state index in [2.05, 4.69) is 46.5 Å². The Morgan fingerprint density at radius 2 is 1.86 bits per heavy atom. The Morgan fingerprint density at radius 1 is 1.06 bits per heavy atom. The summed E-state index contributed by atoms with van der Waals surface area (Å²) in [6.45, 7) is 1.66. The third kappa shape index (κ3) is 5.18. The molecule has 2 aromatic carbocycles. The minimum atomic E-state index is 0.197. The molecule has 8 nitrogen and oxygen atoms in total. The molecule has 2 aromatic heterocycles. The van der Waals surface area contributed by atoms with E-state index in [-0.39, 0.29) is 5.91 Å². The molecule has 5 rings (SSSR count). The molecule has 8 heteroatoms. The highest BCUT2D eigenvalue weighted by Gasteiger charge is 2.23. The summed E-state index contributed by atoms with van der Waals surface area (Å²) in [4.78, 5) is 21.8. The van der Waals surface area contributed by atoms with E-state index in [1.165, 1.54) is 0 Å². The van der Waals surface area contributed by atoms with Crippen molar-refractivity contribution in [3.05, 3.63) is 72.4 Å². The van der Waals surface area contributed by atoms with E-state index in [1.54, 1.807) is 11.6 Å². The van der Waals surface area contributed by atoms with Gasteiger partial charge in [-0.3, -0.25) is 4.79 Å². The molecule has 1 saturated heterocycles. The first kappa shape index (κ1) is 23.8. The lowest BCUT2D eigenvalue weighted by atomic mass is 10.0. The molecule has 0 unspecified atom stereocenters. The standard InChI is InChI=1S/C28H32N6O2/c1-32(2)23-13-15-33(16-14-23)27(35)18-20-7-6-8-21(17-20)22-11-12-26-30-28(31-34(26)19-22)29-24-9-4-5-10-25(24)36-3/h4-12,17,19,23H,13-16,18H2,1-3H3,(H,29,31). The fraction of sp³-hybridized carbons (Fsp3) is 0.321. The van der Waals surface area contributed by atoms with E-state index in [9.17, 15) is 4.79 Å². The van der Waals surface area contributed by atoms with Gasteiger partial charge in [-0.2, -0.15) is 4.98 Å². The second kappa shape index (κ2) is 10.4. The lowest BCUT2D eigenvalue weighted by Gasteiger charge is -2.35. The molecular weight excluding hydrogens is 452 g/mol. The summed E-state index contributed by atoms with van der Waals surface area (Å²) < 4.78 is 7.17. The topological polar surface area (TPSA) is 75.0 Å². The number of nitrogens with zero attached hydrogens (tertiary/aromatic N) is 5. The highest BCUT2D eigenvalue weighted by atomic mass is 16.5. The van der Waals surface area contributed by atoms with Crippen LogP contribution in [0.25, 0.3) is 16.8 Å². The number of rotatable bonds is 7. The number of piperidine rings is 1. The Labute approximate surface area is 211 Å². The smallest absolute Gasteiger partial charge is 0.247 e. The van der Waals surface area contributed by atoms with Gasteiger partial charge in [-0.25, -0.2) is 4.52 Å². The van der Waals surface area contributed by atoms with Crippen molar-refractivity contribution in [3.63, 3.8) is 0 Å². The monoisotopic (exact) mass is 484 g/mol. The lowest BCUT2D eigenvalue weighted by Crippen LogP contribution is -2.44. The van der Waals surface area contributed by atoms with Gasteiger partial charge in [-0.15, -0.1) is 5.10 Å². The fourth-order valence-electron chi connectivity index (χ4n) is 4.75. The number of methoxy groups -OCH3 is 1. The molecule has 1 amide bonds. The number of amides is 1. The molecule has 186 valence electrons.